The van der Waals surface area contributed by atoms with Gasteiger partial charge in [0.05, 0.1) is 24.8 Å². The zero-order valence-corrected chi connectivity index (χ0v) is 15.6. The number of fused-ring (bicyclic) bond motifs is 3. The van der Waals surface area contributed by atoms with Crippen LogP contribution in [0.15, 0.2) is 24.4 Å². The highest BCUT2D eigenvalue weighted by Crippen LogP contribution is 2.27. The van der Waals surface area contributed by atoms with Gasteiger partial charge in [-0.15, -0.1) is 10.2 Å². The van der Waals surface area contributed by atoms with Gasteiger partial charge in [-0.05, 0) is 25.5 Å². The zero-order chi connectivity index (χ0) is 18.4. The number of nitrogens with one attached hydrogen (secondary N) is 1. The number of carbonyl (C=O) groups is 1. The van der Waals surface area contributed by atoms with Crippen LogP contribution in [0.4, 0.5) is 5.82 Å². The second kappa shape index (κ2) is 6.59. The highest BCUT2D eigenvalue weighted by Gasteiger charge is 2.39. The maximum absolute atomic E-state index is 12.4. The molecule has 0 aliphatic carbocycles. The topological polar surface area (TPSA) is 93.1 Å². The van der Waals surface area contributed by atoms with E-state index in [4.69, 9.17) is 4.74 Å². The molecule has 2 bridgehead atoms. The van der Waals surface area contributed by atoms with Crippen molar-refractivity contribution < 1.29 is 9.53 Å². The number of nitrogens with zero attached hydrogens (tertiary/aromatic N) is 5. The van der Waals surface area contributed by atoms with Crippen LogP contribution in [0, 0.1) is 6.92 Å². The maximum Gasteiger partial charge on any atom is 0.239 e. The van der Waals surface area contributed by atoms with Gasteiger partial charge in [0.2, 0.25) is 5.91 Å². The Morgan fingerprint density at radius 2 is 2.33 bits per heavy atom. The fraction of sp³-hybridized carbons (Fsp3) is 0.389. The molecule has 2 aliphatic heterocycles. The van der Waals surface area contributed by atoms with E-state index in [0.29, 0.717) is 18.4 Å². The molecule has 3 aromatic rings. The summed E-state index contributed by atoms with van der Waals surface area (Å²) in [6.07, 6.45) is 3.03. The maximum atomic E-state index is 12.4. The van der Waals surface area contributed by atoms with Gasteiger partial charge in [-0.3, -0.25) is 9.69 Å². The minimum absolute atomic E-state index is 0.0645. The molecule has 0 aromatic carbocycles. The molecule has 2 atom stereocenters. The van der Waals surface area contributed by atoms with Crippen molar-refractivity contribution in [3.05, 3.63) is 29.4 Å². The number of pyridine rings is 2. The van der Waals surface area contributed by atoms with Gasteiger partial charge in [-0.2, -0.15) is 0 Å². The van der Waals surface area contributed by atoms with E-state index in [1.807, 2.05) is 19.1 Å². The minimum Gasteiger partial charge on any atom is -0.375 e. The van der Waals surface area contributed by atoms with Crippen LogP contribution in [0.2, 0.25) is 0 Å². The molecule has 1 N–H and O–H groups in total. The van der Waals surface area contributed by atoms with E-state index in [0.717, 1.165) is 46.2 Å². The van der Waals surface area contributed by atoms with Crippen LogP contribution < -0.4 is 5.32 Å². The first kappa shape index (κ1) is 16.7. The number of hydrogen-bond acceptors (Lipinski definition) is 8. The molecule has 9 heteroatoms. The monoisotopic (exact) mass is 382 g/mol. The van der Waals surface area contributed by atoms with Crippen molar-refractivity contribution in [2.24, 2.45) is 0 Å². The van der Waals surface area contributed by atoms with Crippen LogP contribution in [0.25, 0.3) is 21.6 Å². The number of likely N-dealkylation sites (tertiary alicyclic amines) is 1. The number of rotatable bonds is 4. The van der Waals surface area contributed by atoms with Crippen LogP contribution in [0.1, 0.15) is 11.4 Å². The Morgan fingerprint density at radius 3 is 3.07 bits per heavy atom. The lowest BCUT2D eigenvalue weighted by molar-refractivity contribution is -0.118. The molecule has 2 saturated heterocycles. The van der Waals surface area contributed by atoms with Gasteiger partial charge >= 0.3 is 0 Å². The van der Waals surface area contributed by atoms with Gasteiger partial charge in [0, 0.05) is 30.2 Å². The van der Waals surface area contributed by atoms with E-state index in [2.05, 4.69) is 30.4 Å². The molecule has 1 amide bonds. The van der Waals surface area contributed by atoms with E-state index in [9.17, 15) is 4.79 Å². The summed E-state index contributed by atoms with van der Waals surface area (Å²) in [7, 11) is 0. The average molecular weight is 382 g/mol. The van der Waals surface area contributed by atoms with Crippen LogP contribution >= 0.6 is 11.3 Å². The predicted molar refractivity (Wildman–Crippen MR) is 102 cm³/mol. The molecule has 0 radical (unpaired) electrons. The number of hydrogen-bond donors (Lipinski definition) is 1. The van der Waals surface area contributed by atoms with Gasteiger partial charge in [0.15, 0.2) is 5.01 Å². The molecular formula is C18H18N6O2S. The lowest BCUT2D eigenvalue weighted by Crippen LogP contribution is -2.41. The molecule has 0 unspecified atom stereocenters. The van der Waals surface area contributed by atoms with Gasteiger partial charge in [-0.1, -0.05) is 11.3 Å². The number of anilines is 1. The van der Waals surface area contributed by atoms with E-state index in [-0.39, 0.29) is 12.0 Å². The first-order valence-corrected chi connectivity index (χ1v) is 9.68. The highest BCUT2D eigenvalue weighted by atomic mass is 32.1. The summed E-state index contributed by atoms with van der Waals surface area (Å²) in [4.78, 5) is 23.6. The van der Waals surface area contributed by atoms with Gasteiger partial charge in [-0.25, -0.2) is 9.97 Å². The summed E-state index contributed by atoms with van der Waals surface area (Å²) in [5.74, 6) is 0.441. The molecule has 0 spiro atoms. The van der Waals surface area contributed by atoms with Crippen LogP contribution in [-0.4, -0.2) is 62.8 Å². The van der Waals surface area contributed by atoms with Crippen molar-refractivity contribution >= 4 is 34.0 Å². The normalized spacial score (nSPS) is 21.8. The smallest absolute Gasteiger partial charge is 0.239 e. The summed E-state index contributed by atoms with van der Waals surface area (Å²) in [5.41, 5.74) is 1.53. The molecule has 138 valence electrons. The summed E-state index contributed by atoms with van der Waals surface area (Å²) in [6.45, 7) is 3.83. The Labute approximate surface area is 159 Å². The van der Waals surface area contributed by atoms with Crippen LogP contribution in [-0.2, 0) is 9.53 Å². The van der Waals surface area contributed by atoms with Crippen molar-refractivity contribution in [2.75, 3.05) is 25.0 Å². The number of carbonyl (C=O) groups excluding carboxylic acids is 1. The van der Waals surface area contributed by atoms with Crippen molar-refractivity contribution in [3.63, 3.8) is 0 Å². The molecule has 8 nitrogen and oxygen atoms in total. The number of amides is 1. The summed E-state index contributed by atoms with van der Waals surface area (Å²) in [6, 6.07) is 6.02. The predicted octanol–water partition coefficient (Wildman–Crippen LogP) is 1.87. The second-order valence-corrected chi connectivity index (χ2v) is 8.09. The Kier molecular flexibility index (Phi) is 4.07. The van der Waals surface area contributed by atoms with E-state index in [1.54, 1.807) is 12.3 Å². The van der Waals surface area contributed by atoms with Crippen molar-refractivity contribution in [1.82, 2.24) is 25.1 Å². The fourth-order valence-corrected chi connectivity index (χ4v) is 4.30. The highest BCUT2D eigenvalue weighted by molar-refractivity contribution is 7.14. The van der Waals surface area contributed by atoms with Gasteiger partial charge in [0.25, 0.3) is 0 Å². The summed E-state index contributed by atoms with van der Waals surface area (Å²) < 4.78 is 5.58. The second-order valence-electron chi connectivity index (χ2n) is 6.91. The number of ether oxygens (including phenoxy) is 1. The fourth-order valence-electron chi connectivity index (χ4n) is 3.64. The van der Waals surface area contributed by atoms with Gasteiger partial charge in [0.1, 0.15) is 16.5 Å². The molecule has 27 heavy (non-hydrogen) atoms. The Hall–Kier alpha value is -2.49. The van der Waals surface area contributed by atoms with E-state index < -0.39 is 0 Å². The molecule has 5 rings (SSSR count). The zero-order valence-electron chi connectivity index (χ0n) is 14.8. The van der Waals surface area contributed by atoms with Crippen LogP contribution in [0.3, 0.4) is 0 Å². The quantitative estimate of drug-likeness (QED) is 0.736. The van der Waals surface area contributed by atoms with Crippen molar-refractivity contribution in [3.8, 4) is 10.7 Å². The Morgan fingerprint density at radius 1 is 1.41 bits per heavy atom. The molecule has 5 heterocycles. The standard InChI is InChI=1S/C18H18N6O2S/c1-10-22-23-18(27-10)14-3-2-11-6-19-16(5-15(11)20-14)21-17(25)8-24-7-13-4-12(24)9-26-13/h2-3,5-6,12-13H,4,7-9H2,1H3,(H,19,21,25)/t12-,13-/m1/s1. The van der Waals surface area contributed by atoms with Crippen molar-refractivity contribution in [2.45, 2.75) is 25.5 Å². The molecule has 2 fully saturated rings. The lowest BCUT2D eigenvalue weighted by Gasteiger charge is -2.25. The molecule has 3 aromatic heterocycles. The average Bonchev–Trinajstić information content (AvgIpc) is 3.38. The Bertz CT molecular complexity index is 1020. The Balaban J connectivity index is 1.33. The summed E-state index contributed by atoms with van der Waals surface area (Å²) >= 11 is 1.50. The SMILES string of the molecule is Cc1nnc(-c2ccc3cnc(NC(=O)CN4C[C@H]5C[C@@H]4CO5)cc3n2)s1. The first-order chi connectivity index (χ1) is 13.1. The van der Waals surface area contributed by atoms with E-state index >= 15 is 0 Å². The summed E-state index contributed by atoms with van der Waals surface area (Å²) in [5, 5.41) is 13.7. The van der Waals surface area contributed by atoms with E-state index in [1.165, 1.54) is 11.3 Å². The molecule has 0 saturated carbocycles. The minimum atomic E-state index is -0.0645. The lowest BCUT2D eigenvalue weighted by atomic mass is 10.2. The van der Waals surface area contributed by atoms with Crippen molar-refractivity contribution in [1.29, 1.82) is 0 Å². The number of aryl methyl sites for hydroxylation is 1. The first-order valence-electron chi connectivity index (χ1n) is 8.87. The largest absolute Gasteiger partial charge is 0.375 e. The number of morpholine rings is 1. The molecular weight excluding hydrogens is 364 g/mol. The third-order valence-electron chi connectivity index (χ3n) is 4.95. The third-order valence-corrected chi connectivity index (χ3v) is 5.81. The third kappa shape index (κ3) is 3.29. The molecule has 2 aliphatic rings. The van der Waals surface area contributed by atoms with Crippen LogP contribution in [0.5, 0.6) is 0 Å². The van der Waals surface area contributed by atoms with Gasteiger partial charge < -0.3 is 10.1 Å². The number of aromatic nitrogens is 4.